The van der Waals surface area contributed by atoms with Crippen LogP contribution in [0.3, 0.4) is 0 Å². The number of aliphatic hydroxyl groups is 1. The lowest BCUT2D eigenvalue weighted by Crippen LogP contribution is -2.09. The van der Waals surface area contributed by atoms with Gasteiger partial charge >= 0.3 is 0 Å². The van der Waals surface area contributed by atoms with E-state index < -0.39 is 6.10 Å². The van der Waals surface area contributed by atoms with E-state index in [1.165, 1.54) is 0 Å². The van der Waals surface area contributed by atoms with Gasteiger partial charge < -0.3 is 5.11 Å². The number of rotatable bonds is 5. The first-order valence-corrected chi connectivity index (χ1v) is 8.33. The second-order valence-electron chi connectivity index (χ2n) is 5.12. The van der Waals surface area contributed by atoms with Crippen LogP contribution in [0.25, 0.3) is 0 Å². The fraction of sp³-hybridized carbons (Fsp3) is 0.438. The Morgan fingerprint density at radius 2 is 2.10 bits per heavy atom. The monoisotopic (exact) mass is 370 g/mol. The van der Waals surface area contributed by atoms with Crippen molar-refractivity contribution >= 4 is 27.5 Å². The predicted octanol–water partition coefficient (Wildman–Crippen LogP) is 4.47. The molecule has 1 atom stereocenters. The van der Waals surface area contributed by atoms with Gasteiger partial charge in [0.15, 0.2) is 0 Å². The number of nitrogens with zero attached hydrogens (tertiary/aromatic N) is 2. The molecule has 1 heterocycles. The van der Waals surface area contributed by atoms with E-state index in [0.717, 1.165) is 40.0 Å². The SMILES string of the molecule is CCc1nn(CC)c(CC(O)c2ccc(C)cc2Br)c1Cl. The zero-order valence-electron chi connectivity index (χ0n) is 12.5. The molecule has 0 aliphatic carbocycles. The first kappa shape index (κ1) is 16.5. The largest absolute Gasteiger partial charge is 0.388 e. The average Bonchev–Trinajstić information content (AvgIpc) is 2.75. The lowest BCUT2D eigenvalue weighted by Gasteiger charge is -2.14. The van der Waals surface area contributed by atoms with Gasteiger partial charge in [-0.25, -0.2) is 0 Å². The van der Waals surface area contributed by atoms with Crippen molar-refractivity contribution in [3.8, 4) is 0 Å². The van der Waals surface area contributed by atoms with E-state index in [0.29, 0.717) is 11.4 Å². The molecular formula is C16H20BrClN2O. The third-order valence-electron chi connectivity index (χ3n) is 3.60. The van der Waals surface area contributed by atoms with E-state index >= 15 is 0 Å². The Morgan fingerprint density at radius 1 is 1.38 bits per heavy atom. The number of halogens is 2. The van der Waals surface area contributed by atoms with Crippen molar-refractivity contribution in [1.82, 2.24) is 9.78 Å². The van der Waals surface area contributed by atoms with Crippen LogP contribution >= 0.6 is 27.5 Å². The molecule has 0 saturated carbocycles. The van der Waals surface area contributed by atoms with E-state index in [-0.39, 0.29) is 0 Å². The first-order valence-electron chi connectivity index (χ1n) is 7.16. The molecular weight excluding hydrogens is 352 g/mol. The zero-order chi connectivity index (χ0) is 15.6. The van der Waals surface area contributed by atoms with Gasteiger partial charge in [-0.1, -0.05) is 46.6 Å². The van der Waals surface area contributed by atoms with Crippen molar-refractivity contribution in [1.29, 1.82) is 0 Å². The van der Waals surface area contributed by atoms with Gasteiger partial charge in [0.25, 0.3) is 0 Å². The number of aliphatic hydroxyl groups excluding tert-OH is 1. The first-order chi connectivity index (χ1) is 9.97. The summed E-state index contributed by atoms with van der Waals surface area (Å²) in [5.74, 6) is 0. The molecule has 114 valence electrons. The molecule has 0 spiro atoms. The van der Waals surface area contributed by atoms with Crippen molar-refractivity contribution in [2.75, 3.05) is 0 Å². The summed E-state index contributed by atoms with van der Waals surface area (Å²) in [6.45, 7) is 6.83. The number of aryl methyl sites for hydroxylation is 3. The van der Waals surface area contributed by atoms with Gasteiger partial charge in [-0.2, -0.15) is 5.10 Å². The molecule has 1 aromatic carbocycles. The molecule has 2 aromatic rings. The van der Waals surface area contributed by atoms with Crippen LogP contribution in [0.4, 0.5) is 0 Å². The molecule has 0 amide bonds. The number of aromatic nitrogens is 2. The summed E-state index contributed by atoms with van der Waals surface area (Å²) in [6.07, 6.45) is 0.647. The summed E-state index contributed by atoms with van der Waals surface area (Å²) in [4.78, 5) is 0. The minimum atomic E-state index is -0.607. The fourth-order valence-electron chi connectivity index (χ4n) is 2.41. The van der Waals surface area contributed by atoms with Crippen LogP contribution in [0.2, 0.25) is 5.02 Å². The highest BCUT2D eigenvalue weighted by Crippen LogP contribution is 2.30. The molecule has 1 N–H and O–H groups in total. The van der Waals surface area contributed by atoms with Gasteiger partial charge in [-0.15, -0.1) is 0 Å². The van der Waals surface area contributed by atoms with Gasteiger partial charge in [-0.3, -0.25) is 4.68 Å². The second kappa shape index (κ2) is 6.95. The Balaban J connectivity index is 2.31. The van der Waals surface area contributed by atoms with Crippen molar-refractivity contribution in [3.63, 3.8) is 0 Å². The quantitative estimate of drug-likeness (QED) is 0.842. The Labute approximate surface area is 139 Å². The van der Waals surface area contributed by atoms with Crippen LogP contribution < -0.4 is 0 Å². The van der Waals surface area contributed by atoms with E-state index in [4.69, 9.17) is 11.6 Å². The zero-order valence-corrected chi connectivity index (χ0v) is 14.9. The van der Waals surface area contributed by atoms with Crippen LogP contribution in [0.1, 0.15) is 42.5 Å². The van der Waals surface area contributed by atoms with E-state index in [2.05, 4.69) is 21.0 Å². The average molecular weight is 372 g/mol. The van der Waals surface area contributed by atoms with E-state index in [9.17, 15) is 5.11 Å². The minimum Gasteiger partial charge on any atom is -0.388 e. The Bertz CT molecular complexity index is 639. The summed E-state index contributed by atoms with van der Waals surface area (Å²) >= 11 is 9.92. The molecule has 3 nitrogen and oxygen atoms in total. The molecule has 0 fully saturated rings. The number of hydrogen-bond donors (Lipinski definition) is 1. The van der Waals surface area contributed by atoms with Crippen LogP contribution in [-0.4, -0.2) is 14.9 Å². The standard InChI is InChI=1S/C16H20BrClN2O/c1-4-13-16(18)14(20(5-2)19-13)9-15(21)11-7-6-10(3)8-12(11)17/h6-8,15,21H,4-5,9H2,1-3H3. The highest BCUT2D eigenvalue weighted by atomic mass is 79.9. The molecule has 0 aliphatic rings. The maximum absolute atomic E-state index is 10.5. The van der Waals surface area contributed by atoms with Crippen LogP contribution in [0, 0.1) is 6.92 Å². The third kappa shape index (κ3) is 3.50. The Hall–Kier alpha value is -0.840. The van der Waals surface area contributed by atoms with E-state index in [1.54, 1.807) is 0 Å². The van der Waals surface area contributed by atoms with Crippen molar-refractivity contribution in [2.45, 2.75) is 46.3 Å². The highest BCUT2D eigenvalue weighted by molar-refractivity contribution is 9.10. The summed E-state index contributed by atoms with van der Waals surface area (Å²) in [5.41, 5.74) is 3.82. The Morgan fingerprint density at radius 3 is 2.67 bits per heavy atom. The summed E-state index contributed by atoms with van der Waals surface area (Å²) in [7, 11) is 0. The summed E-state index contributed by atoms with van der Waals surface area (Å²) < 4.78 is 2.80. The molecule has 0 radical (unpaired) electrons. The van der Waals surface area contributed by atoms with Gasteiger partial charge in [0.05, 0.1) is 22.5 Å². The number of hydrogen-bond acceptors (Lipinski definition) is 2. The molecule has 5 heteroatoms. The second-order valence-corrected chi connectivity index (χ2v) is 6.35. The van der Waals surface area contributed by atoms with E-state index in [1.807, 2.05) is 43.7 Å². The van der Waals surface area contributed by atoms with Gasteiger partial charge in [0.2, 0.25) is 0 Å². The van der Waals surface area contributed by atoms with Gasteiger partial charge in [0.1, 0.15) is 0 Å². The van der Waals surface area contributed by atoms with Crippen molar-refractivity contribution in [3.05, 3.63) is 50.2 Å². The molecule has 21 heavy (non-hydrogen) atoms. The molecule has 1 unspecified atom stereocenters. The topological polar surface area (TPSA) is 38.0 Å². The maximum Gasteiger partial charge on any atom is 0.0856 e. The third-order valence-corrected chi connectivity index (χ3v) is 4.72. The summed E-state index contributed by atoms with van der Waals surface area (Å²) in [5, 5.41) is 15.7. The maximum atomic E-state index is 10.5. The van der Waals surface area contributed by atoms with Gasteiger partial charge in [0, 0.05) is 17.4 Å². The van der Waals surface area contributed by atoms with Gasteiger partial charge in [-0.05, 0) is 37.5 Å². The fourth-order valence-corrected chi connectivity index (χ4v) is 3.51. The van der Waals surface area contributed by atoms with Crippen LogP contribution in [-0.2, 0) is 19.4 Å². The number of benzene rings is 1. The predicted molar refractivity (Wildman–Crippen MR) is 89.8 cm³/mol. The van der Waals surface area contributed by atoms with Crippen LogP contribution in [0.15, 0.2) is 22.7 Å². The lowest BCUT2D eigenvalue weighted by atomic mass is 10.0. The summed E-state index contributed by atoms with van der Waals surface area (Å²) in [6, 6.07) is 5.96. The molecule has 1 aromatic heterocycles. The molecule has 0 bridgehead atoms. The van der Waals surface area contributed by atoms with Crippen molar-refractivity contribution in [2.24, 2.45) is 0 Å². The molecule has 0 aliphatic heterocycles. The normalized spacial score (nSPS) is 12.7. The Kier molecular flexibility index (Phi) is 5.47. The highest BCUT2D eigenvalue weighted by Gasteiger charge is 2.20. The minimum absolute atomic E-state index is 0.460. The smallest absolute Gasteiger partial charge is 0.0856 e. The molecule has 0 saturated heterocycles. The van der Waals surface area contributed by atoms with Crippen LogP contribution in [0.5, 0.6) is 0 Å². The molecule has 2 rings (SSSR count). The lowest BCUT2D eigenvalue weighted by molar-refractivity contribution is 0.174. The van der Waals surface area contributed by atoms with Crippen molar-refractivity contribution < 1.29 is 5.11 Å².